The van der Waals surface area contributed by atoms with Crippen molar-refractivity contribution in [2.24, 2.45) is 0 Å². The molecule has 0 amide bonds. The van der Waals surface area contributed by atoms with Gasteiger partial charge in [-0.05, 0) is 34.9 Å². The van der Waals surface area contributed by atoms with Crippen LogP contribution < -0.4 is 0 Å². The van der Waals surface area contributed by atoms with E-state index in [1.807, 2.05) is 6.07 Å². The predicted octanol–water partition coefficient (Wildman–Crippen LogP) is 6.18. The Kier molecular flexibility index (Phi) is 7.08. The summed E-state index contributed by atoms with van der Waals surface area (Å²) < 4.78 is 0. The SMILES string of the molecule is CC(C)c1ccccc1.CCc1ccccc1C(C)C. The Balaban J connectivity index is 0.000000204. The lowest BCUT2D eigenvalue weighted by Gasteiger charge is -2.09. The second kappa shape index (κ2) is 8.58. The molecule has 0 fully saturated rings. The van der Waals surface area contributed by atoms with Crippen LogP contribution in [0.5, 0.6) is 0 Å². The summed E-state index contributed by atoms with van der Waals surface area (Å²) in [5.74, 6) is 1.32. The summed E-state index contributed by atoms with van der Waals surface area (Å²) in [6.07, 6.45) is 1.15. The van der Waals surface area contributed by atoms with Crippen molar-refractivity contribution in [1.82, 2.24) is 0 Å². The minimum Gasteiger partial charge on any atom is -0.0622 e. The Morgan fingerprint density at radius 1 is 0.700 bits per heavy atom. The third-order valence-electron chi connectivity index (χ3n) is 3.52. The highest BCUT2D eigenvalue weighted by molar-refractivity contribution is 5.29. The van der Waals surface area contributed by atoms with Crippen LogP contribution in [0.1, 0.15) is 63.1 Å². The van der Waals surface area contributed by atoms with E-state index in [1.54, 1.807) is 0 Å². The molecule has 0 aromatic heterocycles. The van der Waals surface area contributed by atoms with Gasteiger partial charge in [0, 0.05) is 0 Å². The lowest BCUT2D eigenvalue weighted by molar-refractivity contribution is 0.844. The van der Waals surface area contributed by atoms with Crippen molar-refractivity contribution in [3.63, 3.8) is 0 Å². The number of benzene rings is 2. The van der Waals surface area contributed by atoms with Crippen molar-refractivity contribution in [3.05, 3.63) is 71.3 Å². The molecule has 0 saturated carbocycles. The second-order valence-electron chi connectivity index (χ2n) is 5.77. The molecule has 2 aromatic carbocycles. The van der Waals surface area contributed by atoms with Gasteiger partial charge in [0.2, 0.25) is 0 Å². The van der Waals surface area contributed by atoms with Gasteiger partial charge >= 0.3 is 0 Å². The summed E-state index contributed by atoms with van der Waals surface area (Å²) in [4.78, 5) is 0. The molecule has 0 spiro atoms. The van der Waals surface area contributed by atoms with Crippen molar-refractivity contribution in [2.45, 2.75) is 52.9 Å². The first kappa shape index (κ1) is 16.5. The van der Waals surface area contributed by atoms with Gasteiger partial charge in [-0.25, -0.2) is 0 Å². The highest BCUT2D eigenvalue weighted by Gasteiger charge is 2.02. The number of hydrogen-bond acceptors (Lipinski definition) is 0. The highest BCUT2D eigenvalue weighted by Crippen LogP contribution is 2.18. The van der Waals surface area contributed by atoms with Gasteiger partial charge in [-0.15, -0.1) is 0 Å². The largest absolute Gasteiger partial charge is 0.0622 e. The molecule has 2 rings (SSSR count). The van der Waals surface area contributed by atoms with E-state index >= 15 is 0 Å². The molecule has 108 valence electrons. The number of hydrogen-bond donors (Lipinski definition) is 0. The molecule has 0 atom stereocenters. The van der Waals surface area contributed by atoms with Gasteiger partial charge in [0.05, 0.1) is 0 Å². The third-order valence-corrected chi connectivity index (χ3v) is 3.52. The van der Waals surface area contributed by atoms with Crippen LogP contribution >= 0.6 is 0 Å². The fourth-order valence-electron chi connectivity index (χ4n) is 2.26. The van der Waals surface area contributed by atoms with Crippen molar-refractivity contribution in [3.8, 4) is 0 Å². The number of aryl methyl sites for hydroxylation is 1. The van der Waals surface area contributed by atoms with Crippen molar-refractivity contribution in [1.29, 1.82) is 0 Å². The molecule has 0 unspecified atom stereocenters. The van der Waals surface area contributed by atoms with Gasteiger partial charge in [0.25, 0.3) is 0 Å². The minimum absolute atomic E-state index is 0.658. The molecule has 20 heavy (non-hydrogen) atoms. The first-order chi connectivity index (χ1) is 9.56. The van der Waals surface area contributed by atoms with Crippen LogP contribution in [-0.4, -0.2) is 0 Å². The predicted molar refractivity (Wildman–Crippen MR) is 90.4 cm³/mol. The molecule has 0 aliphatic rings. The molecule has 0 radical (unpaired) electrons. The van der Waals surface area contributed by atoms with Gasteiger partial charge in [-0.1, -0.05) is 89.2 Å². The topological polar surface area (TPSA) is 0 Å². The molecule has 2 aromatic rings. The Morgan fingerprint density at radius 2 is 1.25 bits per heavy atom. The van der Waals surface area contributed by atoms with Crippen LogP contribution in [0.4, 0.5) is 0 Å². The monoisotopic (exact) mass is 268 g/mol. The highest BCUT2D eigenvalue weighted by atomic mass is 14.1. The average Bonchev–Trinajstić information content (AvgIpc) is 2.48. The normalized spacial score (nSPS) is 10.3. The zero-order valence-corrected chi connectivity index (χ0v) is 13.6. The van der Waals surface area contributed by atoms with Crippen LogP contribution in [0.15, 0.2) is 54.6 Å². The summed E-state index contributed by atoms with van der Waals surface area (Å²) in [6.45, 7) is 11.1. The summed E-state index contributed by atoms with van der Waals surface area (Å²) >= 11 is 0. The molecule has 0 saturated heterocycles. The van der Waals surface area contributed by atoms with E-state index < -0.39 is 0 Å². The molecule has 0 N–H and O–H groups in total. The Bertz CT molecular complexity index is 480. The second-order valence-corrected chi connectivity index (χ2v) is 5.77. The van der Waals surface area contributed by atoms with E-state index in [2.05, 4.69) is 83.1 Å². The first-order valence-electron chi connectivity index (χ1n) is 7.69. The van der Waals surface area contributed by atoms with Gasteiger partial charge in [-0.3, -0.25) is 0 Å². The van der Waals surface area contributed by atoms with Gasteiger partial charge < -0.3 is 0 Å². The molecule has 0 bridgehead atoms. The smallest absolute Gasteiger partial charge is 0.0216 e. The number of rotatable bonds is 3. The minimum atomic E-state index is 0.658. The van der Waals surface area contributed by atoms with Crippen molar-refractivity contribution in [2.75, 3.05) is 0 Å². The Morgan fingerprint density at radius 3 is 1.65 bits per heavy atom. The van der Waals surface area contributed by atoms with Crippen LogP contribution in [0.2, 0.25) is 0 Å². The lowest BCUT2D eigenvalue weighted by atomic mass is 9.96. The van der Waals surface area contributed by atoms with E-state index in [0.29, 0.717) is 11.8 Å². The maximum atomic E-state index is 2.24. The molecular formula is C20H28. The first-order valence-corrected chi connectivity index (χ1v) is 7.69. The fraction of sp³-hybridized carbons (Fsp3) is 0.400. The van der Waals surface area contributed by atoms with E-state index in [0.717, 1.165) is 6.42 Å². The molecule has 0 nitrogen and oxygen atoms in total. The van der Waals surface area contributed by atoms with Crippen LogP contribution in [0.3, 0.4) is 0 Å². The Labute approximate surface area is 124 Å². The van der Waals surface area contributed by atoms with E-state index in [-0.39, 0.29) is 0 Å². The summed E-state index contributed by atoms with van der Waals surface area (Å²) in [7, 11) is 0. The van der Waals surface area contributed by atoms with Crippen molar-refractivity contribution >= 4 is 0 Å². The molecule has 0 aliphatic heterocycles. The summed E-state index contributed by atoms with van der Waals surface area (Å²) in [5, 5.41) is 0. The van der Waals surface area contributed by atoms with E-state index in [4.69, 9.17) is 0 Å². The van der Waals surface area contributed by atoms with Crippen molar-refractivity contribution < 1.29 is 0 Å². The zero-order chi connectivity index (χ0) is 15.0. The third kappa shape index (κ3) is 5.21. The van der Waals surface area contributed by atoms with Crippen LogP contribution in [0, 0.1) is 0 Å². The molecule has 0 heteroatoms. The molecule has 0 heterocycles. The van der Waals surface area contributed by atoms with E-state index in [9.17, 15) is 0 Å². The summed E-state index contributed by atoms with van der Waals surface area (Å²) in [6, 6.07) is 19.2. The zero-order valence-electron chi connectivity index (χ0n) is 13.6. The maximum absolute atomic E-state index is 2.24. The van der Waals surface area contributed by atoms with E-state index in [1.165, 1.54) is 16.7 Å². The summed E-state index contributed by atoms with van der Waals surface area (Å²) in [5.41, 5.74) is 4.40. The van der Waals surface area contributed by atoms with Crippen LogP contribution in [0.25, 0.3) is 0 Å². The lowest BCUT2D eigenvalue weighted by Crippen LogP contribution is -1.93. The fourth-order valence-corrected chi connectivity index (χ4v) is 2.26. The van der Waals surface area contributed by atoms with Gasteiger partial charge in [0.15, 0.2) is 0 Å². The quantitative estimate of drug-likeness (QED) is 0.623. The standard InChI is InChI=1S/C11H16.C9H12/c1-4-10-7-5-6-8-11(10)9(2)3;1-8(2)9-6-4-3-5-7-9/h5-9H,4H2,1-3H3;3-8H,1-2H3. The maximum Gasteiger partial charge on any atom is -0.0216 e. The Hall–Kier alpha value is -1.56. The molecule has 0 aliphatic carbocycles. The van der Waals surface area contributed by atoms with Gasteiger partial charge in [0.1, 0.15) is 0 Å². The average molecular weight is 268 g/mol. The van der Waals surface area contributed by atoms with Gasteiger partial charge in [-0.2, -0.15) is 0 Å². The van der Waals surface area contributed by atoms with Crippen LogP contribution in [-0.2, 0) is 6.42 Å². The molecular weight excluding hydrogens is 240 g/mol.